The van der Waals surface area contributed by atoms with E-state index in [4.69, 9.17) is 5.26 Å². The number of nitrogens with zero attached hydrogens (tertiary/aromatic N) is 3. The van der Waals surface area contributed by atoms with Gasteiger partial charge < -0.3 is 9.88 Å². The maximum Gasteiger partial charge on any atom is 0.271 e. The van der Waals surface area contributed by atoms with Crippen molar-refractivity contribution in [2.24, 2.45) is 5.41 Å². The summed E-state index contributed by atoms with van der Waals surface area (Å²) < 4.78 is 0. The number of carbonyl (C=O) groups is 1. The SMILES string of the molecule is Cc1cc(C#N)c(=O)[nH]c1C(=O)N1CC2(CCC2)C1c1cccnc1. The van der Waals surface area contributed by atoms with Gasteiger partial charge in [-0.3, -0.25) is 14.6 Å². The van der Waals surface area contributed by atoms with Gasteiger partial charge in [0.15, 0.2) is 0 Å². The number of likely N-dealkylation sites (tertiary alicyclic amines) is 1. The Balaban J connectivity index is 1.70. The van der Waals surface area contributed by atoms with Crippen LogP contribution in [0.1, 0.15) is 52.5 Å². The highest BCUT2D eigenvalue weighted by molar-refractivity contribution is 5.94. The summed E-state index contributed by atoms with van der Waals surface area (Å²) in [4.78, 5) is 33.6. The summed E-state index contributed by atoms with van der Waals surface area (Å²) in [7, 11) is 0. The van der Waals surface area contributed by atoms with Crippen LogP contribution in [0.15, 0.2) is 35.4 Å². The predicted octanol–water partition coefficient (Wildman–Crippen LogP) is 2.32. The van der Waals surface area contributed by atoms with Crippen molar-refractivity contribution in [3.8, 4) is 6.07 Å². The molecule has 0 radical (unpaired) electrons. The zero-order chi connectivity index (χ0) is 17.6. The summed E-state index contributed by atoms with van der Waals surface area (Å²) in [6.07, 6.45) is 6.95. The molecule has 25 heavy (non-hydrogen) atoms. The molecular weight excluding hydrogens is 316 g/mol. The Morgan fingerprint density at radius 1 is 1.48 bits per heavy atom. The number of amides is 1. The van der Waals surface area contributed by atoms with E-state index in [-0.39, 0.29) is 28.6 Å². The molecule has 126 valence electrons. The van der Waals surface area contributed by atoms with Gasteiger partial charge in [-0.25, -0.2) is 0 Å². The van der Waals surface area contributed by atoms with Gasteiger partial charge in [-0.1, -0.05) is 12.5 Å². The molecule has 1 saturated heterocycles. The highest BCUT2D eigenvalue weighted by atomic mass is 16.2. The number of rotatable bonds is 2. The van der Waals surface area contributed by atoms with E-state index in [2.05, 4.69) is 9.97 Å². The summed E-state index contributed by atoms with van der Waals surface area (Å²) in [6, 6.07) is 7.22. The van der Waals surface area contributed by atoms with Crippen molar-refractivity contribution in [1.82, 2.24) is 14.9 Å². The van der Waals surface area contributed by atoms with Gasteiger partial charge in [0.05, 0.1) is 6.04 Å². The Labute approximate surface area is 145 Å². The Morgan fingerprint density at radius 3 is 2.88 bits per heavy atom. The molecule has 2 aliphatic rings. The molecule has 3 heterocycles. The number of H-pyrrole nitrogens is 1. The van der Waals surface area contributed by atoms with Crippen LogP contribution in [0.2, 0.25) is 0 Å². The van der Waals surface area contributed by atoms with Crippen LogP contribution >= 0.6 is 0 Å². The average Bonchev–Trinajstić information content (AvgIpc) is 2.55. The number of aryl methyl sites for hydroxylation is 1. The molecule has 1 aliphatic carbocycles. The molecule has 2 aromatic rings. The van der Waals surface area contributed by atoms with Gasteiger partial charge in [-0.2, -0.15) is 5.26 Å². The van der Waals surface area contributed by atoms with Crippen LogP contribution in [0.4, 0.5) is 0 Å². The molecule has 0 aromatic carbocycles. The van der Waals surface area contributed by atoms with Crippen LogP contribution in [0.25, 0.3) is 0 Å². The number of pyridine rings is 2. The minimum absolute atomic E-state index is 0.000922. The van der Waals surface area contributed by atoms with Crippen LogP contribution < -0.4 is 5.56 Å². The maximum atomic E-state index is 13.1. The molecule has 1 unspecified atom stereocenters. The van der Waals surface area contributed by atoms with Crippen molar-refractivity contribution in [2.45, 2.75) is 32.2 Å². The monoisotopic (exact) mass is 334 g/mol. The molecule has 1 N–H and O–H groups in total. The van der Waals surface area contributed by atoms with E-state index in [1.807, 2.05) is 29.3 Å². The molecular formula is C19H18N4O2. The van der Waals surface area contributed by atoms with Gasteiger partial charge in [0, 0.05) is 24.4 Å². The lowest BCUT2D eigenvalue weighted by Crippen LogP contribution is -2.63. The lowest BCUT2D eigenvalue weighted by atomic mass is 9.56. The molecule has 4 rings (SSSR count). The summed E-state index contributed by atoms with van der Waals surface area (Å²) in [5, 5.41) is 8.97. The number of nitriles is 1. The number of carbonyl (C=O) groups excluding carboxylic acids is 1. The number of nitrogens with one attached hydrogen (secondary N) is 1. The minimum atomic E-state index is -0.520. The van der Waals surface area contributed by atoms with Crippen LogP contribution in [0.3, 0.4) is 0 Å². The van der Waals surface area contributed by atoms with Crippen molar-refractivity contribution in [1.29, 1.82) is 5.26 Å². The quantitative estimate of drug-likeness (QED) is 0.912. The first kappa shape index (κ1) is 15.6. The molecule has 1 aliphatic heterocycles. The number of hydrogen-bond donors (Lipinski definition) is 1. The Kier molecular flexibility index (Phi) is 3.46. The van der Waals surface area contributed by atoms with Gasteiger partial charge in [-0.15, -0.1) is 0 Å². The number of aromatic nitrogens is 2. The van der Waals surface area contributed by atoms with Gasteiger partial charge in [0.25, 0.3) is 11.5 Å². The standard InChI is InChI=1S/C19H18N4O2/c1-12-8-14(9-20)17(24)22-15(12)18(25)23-11-19(5-3-6-19)16(23)13-4-2-7-21-10-13/h2,4,7-8,10,16H,3,5-6,11H2,1H3,(H,22,24). The molecule has 1 saturated carbocycles. The van der Waals surface area contributed by atoms with E-state index >= 15 is 0 Å². The van der Waals surface area contributed by atoms with E-state index in [1.165, 1.54) is 12.5 Å². The van der Waals surface area contributed by atoms with E-state index in [0.717, 1.165) is 18.4 Å². The molecule has 6 nitrogen and oxygen atoms in total. The van der Waals surface area contributed by atoms with Gasteiger partial charge in [-0.05, 0) is 43.0 Å². The number of aromatic amines is 1. The van der Waals surface area contributed by atoms with Crippen molar-refractivity contribution in [3.05, 3.63) is 63.3 Å². The Hall–Kier alpha value is -2.94. The van der Waals surface area contributed by atoms with E-state index in [1.54, 1.807) is 13.1 Å². The van der Waals surface area contributed by atoms with Gasteiger partial charge in [0.1, 0.15) is 17.3 Å². The summed E-state index contributed by atoms with van der Waals surface area (Å²) in [5.41, 5.74) is 1.58. The van der Waals surface area contributed by atoms with Crippen LogP contribution in [-0.4, -0.2) is 27.3 Å². The van der Waals surface area contributed by atoms with Gasteiger partial charge in [0.2, 0.25) is 0 Å². The lowest BCUT2D eigenvalue weighted by molar-refractivity contribution is -0.105. The third kappa shape index (κ3) is 2.27. The normalized spacial score (nSPS) is 20.5. The maximum absolute atomic E-state index is 13.1. The lowest BCUT2D eigenvalue weighted by Gasteiger charge is -2.62. The predicted molar refractivity (Wildman–Crippen MR) is 90.8 cm³/mol. The fourth-order valence-electron chi connectivity index (χ4n) is 4.14. The van der Waals surface area contributed by atoms with Crippen LogP contribution in [-0.2, 0) is 0 Å². The molecule has 1 spiro atoms. The van der Waals surface area contributed by atoms with Crippen LogP contribution in [0.5, 0.6) is 0 Å². The second kappa shape index (κ2) is 5.55. The van der Waals surface area contributed by atoms with Crippen molar-refractivity contribution >= 4 is 5.91 Å². The summed E-state index contributed by atoms with van der Waals surface area (Å²) >= 11 is 0. The van der Waals surface area contributed by atoms with Crippen molar-refractivity contribution < 1.29 is 4.79 Å². The second-order valence-corrected chi connectivity index (χ2v) is 7.02. The van der Waals surface area contributed by atoms with Gasteiger partial charge >= 0.3 is 0 Å². The first-order valence-corrected chi connectivity index (χ1v) is 8.41. The van der Waals surface area contributed by atoms with E-state index in [0.29, 0.717) is 12.1 Å². The van der Waals surface area contributed by atoms with Crippen molar-refractivity contribution in [3.63, 3.8) is 0 Å². The highest BCUT2D eigenvalue weighted by Crippen LogP contribution is 2.60. The van der Waals surface area contributed by atoms with E-state index in [9.17, 15) is 9.59 Å². The third-order valence-electron chi connectivity index (χ3n) is 5.56. The minimum Gasteiger partial charge on any atom is -0.329 e. The zero-order valence-electron chi connectivity index (χ0n) is 14.0. The summed E-state index contributed by atoms with van der Waals surface area (Å²) in [5.74, 6) is -0.189. The fourth-order valence-corrected chi connectivity index (χ4v) is 4.14. The van der Waals surface area contributed by atoms with Crippen molar-refractivity contribution in [2.75, 3.05) is 6.54 Å². The molecule has 6 heteroatoms. The first-order valence-electron chi connectivity index (χ1n) is 8.41. The molecule has 1 amide bonds. The zero-order valence-corrected chi connectivity index (χ0v) is 14.0. The second-order valence-electron chi connectivity index (χ2n) is 7.02. The topological polar surface area (TPSA) is 89.8 Å². The first-order chi connectivity index (χ1) is 12.1. The van der Waals surface area contributed by atoms with Crippen LogP contribution in [0, 0.1) is 23.7 Å². The molecule has 2 aromatic heterocycles. The largest absolute Gasteiger partial charge is 0.329 e. The third-order valence-corrected chi connectivity index (χ3v) is 5.56. The average molecular weight is 334 g/mol. The molecule has 2 fully saturated rings. The molecule has 1 atom stereocenters. The smallest absolute Gasteiger partial charge is 0.271 e. The number of hydrogen-bond acceptors (Lipinski definition) is 4. The highest BCUT2D eigenvalue weighted by Gasteiger charge is 2.58. The Bertz CT molecular complexity index is 938. The molecule has 0 bridgehead atoms. The van der Waals surface area contributed by atoms with E-state index < -0.39 is 5.56 Å². The Morgan fingerprint density at radius 2 is 2.28 bits per heavy atom. The summed E-state index contributed by atoms with van der Waals surface area (Å²) in [6.45, 7) is 2.44. The fraction of sp³-hybridized carbons (Fsp3) is 0.368.